The third-order valence-electron chi connectivity index (χ3n) is 4.33. The molecular formula is C18H25Cl2N3O. The summed E-state index contributed by atoms with van der Waals surface area (Å²) in [6.07, 6.45) is 2.33. The van der Waals surface area contributed by atoms with Crippen molar-refractivity contribution in [3.8, 4) is 0 Å². The molecule has 132 valence electrons. The highest BCUT2D eigenvalue weighted by Gasteiger charge is 2.31. The second kappa shape index (κ2) is 8.65. The maximum absolute atomic E-state index is 12.7. The lowest BCUT2D eigenvalue weighted by Crippen LogP contribution is -2.41. The molecule has 1 aliphatic rings. The number of nitrogens with zero attached hydrogens (tertiary/aromatic N) is 1. The zero-order valence-corrected chi connectivity index (χ0v) is 15.6. The number of aromatic nitrogens is 1. The minimum absolute atomic E-state index is 0. The molecule has 3 N–H and O–H groups in total. The first kappa shape index (κ1) is 20.7. The molecule has 1 fully saturated rings. The minimum Gasteiger partial charge on any atom is -0.348 e. The van der Waals surface area contributed by atoms with Gasteiger partial charge in [0.1, 0.15) is 0 Å². The Labute approximate surface area is 155 Å². The van der Waals surface area contributed by atoms with E-state index in [-0.39, 0.29) is 42.7 Å². The Morgan fingerprint density at radius 2 is 1.96 bits per heavy atom. The molecule has 1 unspecified atom stereocenters. The fourth-order valence-corrected chi connectivity index (χ4v) is 2.79. The number of para-hydroxylation sites is 1. The van der Waals surface area contributed by atoms with E-state index in [1.807, 2.05) is 30.3 Å². The maximum Gasteiger partial charge on any atom is 0.252 e. The largest absolute Gasteiger partial charge is 0.348 e. The summed E-state index contributed by atoms with van der Waals surface area (Å²) >= 11 is 0. The van der Waals surface area contributed by atoms with Crippen molar-refractivity contribution < 1.29 is 4.79 Å². The molecule has 1 saturated carbocycles. The number of amides is 1. The summed E-state index contributed by atoms with van der Waals surface area (Å²) in [6.45, 7) is 4.67. The molecule has 1 aromatic heterocycles. The van der Waals surface area contributed by atoms with Gasteiger partial charge in [0.2, 0.25) is 0 Å². The van der Waals surface area contributed by atoms with E-state index in [1.165, 1.54) is 0 Å². The molecule has 0 spiro atoms. The van der Waals surface area contributed by atoms with Crippen LogP contribution in [0.25, 0.3) is 10.9 Å². The van der Waals surface area contributed by atoms with Gasteiger partial charge in [-0.25, -0.2) is 0 Å². The van der Waals surface area contributed by atoms with Crippen molar-refractivity contribution in [2.45, 2.75) is 38.6 Å². The first-order valence-electron chi connectivity index (χ1n) is 8.00. The minimum atomic E-state index is -0.0390. The lowest BCUT2D eigenvalue weighted by atomic mass is 10.0. The second-order valence-electron chi connectivity index (χ2n) is 6.42. The summed E-state index contributed by atoms with van der Waals surface area (Å²) < 4.78 is 0. The first-order chi connectivity index (χ1) is 10.6. The molecule has 0 bridgehead atoms. The van der Waals surface area contributed by atoms with Crippen LogP contribution in [0.3, 0.4) is 0 Å². The number of hydrogen-bond acceptors (Lipinski definition) is 3. The molecule has 4 nitrogen and oxygen atoms in total. The van der Waals surface area contributed by atoms with Crippen molar-refractivity contribution in [1.82, 2.24) is 10.3 Å². The Morgan fingerprint density at radius 1 is 1.29 bits per heavy atom. The Morgan fingerprint density at radius 3 is 2.54 bits per heavy atom. The van der Waals surface area contributed by atoms with E-state index >= 15 is 0 Å². The molecule has 1 aromatic carbocycles. The predicted molar refractivity (Wildman–Crippen MR) is 103 cm³/mol. The summed E-state index contributed by atoms with van der Waals surface area (Å²) in [6, 6.07) is 9.81. The fourth-order valence-electron chi connectivity index (χ4n) is 2.79. The van der Waals surface area contributed by atoms with Gasteiger partial charge in [-0.2, -0.15) is 0 Å². The van der Waals surface area contributed by atoms with Crippen LogP contribution in [-0.4, -0.2) is 23.5 Å². The van der Waals surface area contributed by atoms with E-state index in [0.29, 0.717) is 18.0 Å². The van der Waals surface area contributed by atoms with Gasteiger partial charge in [-0.15, -0.1) is 24.8 Å². The van der Waals surface area contributed by atoms with Gasteiger partial charge < -0.3 is 11.1 Å². The SMILES string of the molecule is CC(C)c1cc(C(=O)NC(CN)C2CC2)c2ccccc2n1.Cl.Cl. The van der Waals surface area contributed by atoms with Crippen molar-refractivity contribution in [2.24, 2.45) is 11.7 Å². The number of rotatable bonds is 5. The van der Waals surface area contributed by atoms with Crippen LogP contribution in [-0.2, 0) is 0 Å². The van der Waals surface area contributed by atoms with Crippen LogP contribution in [0.15, 0.2) is 30.3 Å². The van der Waals surface area contributed by atoms with Crippen molar-refractivity contribution in [2.75, 3.05) is 6.54 Å². The molecule has 1 atom stereocenters. The number of pyridine rings is 1. The maximum atomic E-state index is 12.7. The highest BCUT2D eigenvalue weighted by Crippen LogP contribution is 2.32. The quantitative estimate of drug-likeness (QED) is 0.844. The number of fused-ring (bicyclic) bond motifs is 1. The highest BCUT2D eigenvalue weighted by molar-refractivity contribution is 6.06. The van der Waals surface area contributed by atoms with E-state index < -0.39 is 0 Å². The van der Waals surface area contributed by atoms with Gasteiger partial charge in [0.05, 0.1) is 11.1 Å². The van der Waals surface area contributed by atoms with Crippen LogP contribution < -0.4 is 11.1 Å². The third kappa shape index (κ3) is 4.38. The van der Waals surface area contributed by atoms with Crippen molar-refractivity contribution in [3.05, 3.63) is 41.6 Å². The molecule has 1 aliphatic carbocycles. The summed E-state index contributed by atoms with van der Waals surface area (Å²) in [7, 11) is 0. The molecule has 0 radical (unpaired) electrons. The summed E-state index contributed by atoms with van der Waals surface area (Å²) in [5.41, 5.74) is 8.32. The molecule has 0 saturated heterocycles. The lowest BCUT2D eigenvalue weighted by molar-refractivity contribution is 0.0935. The molecule has 24 heavy (non-hydrogen) atoms. The van der Waals surface area contributed by atoms with E-state index in [9.17, 15) is 4.79 Å². The van der Waals surface area contributed by atoms with Gasteiger partial charge in [-0.1, -0.05) is 32.0 Å². The molecule has 0 aliphatic heterocycles. The van der Waals surface area contributed by atoms with Crippen LogP contribution >= 0.6 is 24.8 Å². The Balaban J connectivity index is 0.00000144. The van der Waals surface area contributed by atoms with Crippen molar-refractivity contribution in [3.63, 3.8) is 0 Å². The van der Waals surface area contributed by atoms with Gasteiger partial charge in [0.25, 0.3) is 5.91 Å². The number of benzene rings is 1. The second-order valence-corrected chi connectivity index (χ2v) is 6.42. The number of halogens is 2. The number of carbonyl (C=O) groups is 1. The Hall–Kier alpha value is -1.36. The van der Waals surface area contributed by atoms with Crippen LogP contribution in [0, 0.1) is 5.92 Å². The number of nitrogens with two attached hydrogens (primary N) is 1. The molecule has 6 heteroatoms. The average molecular weight is 370 g/mol. The van der Waals surface area contributed by atoms with Crippen molar-refractivity contribution in [1.29, 1.82) is 0 Å². The monoisotopic (exact) mass is 369 g/mol. The van der Waals surface area contributed by atoms with Crippen molar-refractivity contribution >= 4 is 41.6 Å². The average Bonchev–Trinajstić information content (AvgIpc) is 3.35. The van der Waals surface area contributed by atoms with Crippen LogP contribution in [0.1, 0.15) is 48.7 Å². The Kier molecular flexibility index (Phi) is 7.46. The van der Waals surface area contributed by atoms with Crippen LogP contribution in [0.2, 0.25) is 0 Å². The predicted octanol–water partition coefficient (Wildman–Crippen LogP) is 3.67. The van der Waals surface area contributed by atoms with Gasteiger partial charge in [0, 0.05) is 23.7 Å². The number of hydrogen-bond donors (Lipinski definition) is 2. The summed E-state index contributed by atoms with van der Waals surface area (Å²) in [4.78, 5) is 17.4. The van der Waals surface area contributed by atoms with E-state index in [2.05, 4.69) is 24.1 Å². The third-order valence-corrected chi connectivity index (χ3v) is 4.33. The smallest absolute Gasteiger partial charge is 0.252 e. The van der Waals surface area contributed by atoms with E-state index in [4.69, 9.17) is 5.73 Å². The topological polar surface area (TPSA) is 68.0 Å². The highest BCUT2D eigenvalue weighted by atomic mass is 35.5. The molecule has 3 rings (SSSR count). The zero-order valence-electron chi connectivity index (χ0n) is 14.0. The molecule has 2 aromatic rings. The van der Waals surface area contributed by atoms with Crippen LogP contribution in [0.4, 0.5) is 0 Å². The molecular weight excluding hydrogens is 345 g/mol. The Bertz CT molecular complexity index is 702. The lowest BCUT2D eigenvalue weighted by Gasteiger charge is -2.17. The standard InChI is InChI=1S/C18H23N3O.2ClH/c1-11(2)16-9-14(13-5-3-4-6-15(13)20-16)18(22)21-17(10-19)12-7-8-12;;/h3-6,9,11-12,17H,7-8,10,19H2,1-2H3,(H,21,22);2*1H. The van der Waals surface area contributed by atoms with Gasteiger partial charge >= 0.3 is 0 Å². The molecule has 1 heterocycles. The summed E-state index contributed by atoms with van der Waals surface area (Å²) in [5.74, 6) is 0.791. The molecule has 1 amide bonds. The normalized spacial score (nSPS) is 14.7. The number of carbonyl (C=O) groups excluding carboxylic acids is 1. The van der Waals surface area contributed by atoms with Crippen LogP contribution in [0.5, 0.6) is 0 Å². The van der Waals surface area contributed by atoms with Gasteiger partial charge in [0.15, 0.2) is 0 Å². The first-order valence-corrected chi connectivity index (χ1v) is 8.00. The zero-order chi connectivity index (χ0) is 15.7. The van der Waals surface area contributed by atoms with Gasteiger partial charge in [-0.3, -0.25) is 9.78 Å². The van der Waals surface area contributed by atoms with E-state index in [1.54, 1.807) is 0 Å². The summed E-state index contributed by atoms with van der Waals surface area (Å²) in [5, 5.41) is 4.01. The number of nitrogens with one attached hydrogen (secondary N) is 1. The fraction of sp³-hybridized carbons (Fsp3) is 0.444. The van der Waals surface area contributed by atoms with E-state index in [0.717, 1.165) is 29.4 Å². The van der Waals surface area contributed by atoms with Gasteiger partial charge in [-0.05, 0) is 36.8 Å².